The second kappa shape index (κ2) is 5.51. The van der Waals surface area contributed by atoms with Gasteiger partial charge in [0.25, 0.3) is 0 Å². The lowest BCUT2D eigenvalue weighted by Gasteiger charge is -2.09. The quantitative estimate of drug-likeness (QED) is 0.826. The van der Waals surface area contributed by atoms with Crippen LogP contribution in [0.4, 0.5) is 5.69 Å². The van der Waals surface area contributed by atoms with Crippen molar-refractivity contribution in [1.29, 1.82) is 0 Å². The Kier molecular flexibility index (Phi) is 4.00. The maximum atomic E-state index is 10.7. The third kappa shape index (κ3) is 2.72. The maximum absolute atomic E-state index is 10.7. The van der Waals surface area contributed by atoms with Crippen molar-refractivity contribution in [2.45, 2.75) is 19.3 Å². The van der Waals surface area contributed by atoms with E-state index in [0.29, 0.717) is 12.8 Å². The van der Waals surface area contributed by atoms with Crippen LogP contribution in [0, 0.1) is 3.57 Å². The molecule has 0 aliphatic rings. The first-order valence-corrected chi connectivity index (χ1v) is 6.77. The summed E-state index contributed by atoms with van der Waals surface area (Å²) in [6.07, 6.45) is 3.60. The highest BCUT2D eigenvalue weighted by Gasteiger charge is 2.08. The van der Waals surface area contributed by atoms with Gasteiger partial charge < -0.3 is 11.5 Å². The third-order valence-corrected chi connectivity index (χ3v) is 3.71. The second-order valence-electron chi connectivity index (χ2n) is 4.15. The minimum Gasteiger partial charge on any atom is -0.398 e. The first-order chi connectivity index (χ1) is 8.59. The molecule has 0 spiro atoms. The number of nitrogens with two attached hydrogens (primary N) is 2. The van der Waals surface area contributed by atoms with Gasteiger partial charge in [0.2, 0.25) is 5.91 Å². The van der Waals surface area contributed by atoms with E-state index in [9.17, 15) is 4.79 Å². The van der Waals surface area contributed by atoms with Crippen LogP contribution in [0.1, 0.15) is 18.4 Å². The predicted molar refractivity (Wildman–Crippen MR) is 81.0 cm³/mol. The lowest BCUT2D eigenvalue weighted by molar-refractivity contribution is -0.118. The highest BCUT2D eigenvalue weighted by atomic mass is 127. The average Bonchev–Trinajstić information content (AvgIpc) is 2.32. The van der Waals surface area contributed by atoms with E-state index in [4.69, 9.17) is 11.5 Å². The molecule has 4 N–H and O–H groups in total. The van der Waals surface area contributed by atoms with Crippen molar-refractivity contribution in [3.05, 3.63) is 33.5 Å². The summed E-state index contributed by atoms with van der Waals surface area (Å²) in [6, 6.07) is 5.94. The molecule has 2 rings (SSSR count). The van der Waals surface area contributed by atoms with Gasteiger partial charge in [-0.3, -0.25) is 9.78 Å². The van der Waals surface area contributed by atoms with E-state index >= 15 is 0 Å². The summed E-state index contributed by atoms with van der Waals surface area (Å²) in [5.74, 6) is -0.281. The lowest BCUT2D eigenvalue weighted by Crippen LogP contribution is -2.10. The molecule has 1 aromatic carbocycles. The number of aryl methyl sites for hydroxylation is 1. The summed E-state index contributed by atoms with van der Waals surface area (Å²) in [4.78, 5) is 15.1. The molecule has 0 fully saturated rings. The molecule has 0 unspecified atom stereocenters. The molecule has 18 heavy (non-hydrogen) atoms. The molecule has 4 nitrogen and oxygen atoms in total. The number of halogens is 1. The van der Waals surface area contributed by atoms with Crippen LogP contribution >= 0.6 is 22.6 Å². The Hall–Kier alpha value is -1.37. The van der Waals surface area contributed by atoms with Crippen molar-refractivity contribution in [1.82, 2.24) is 4.98 Å². The fourth-order valence-electron chi connectivity index (χ4n) is 1.90. The van der Waals surface area contributed by atoms with Gasteiger partial charge in [0.05, 0.1) is 5.52 Å². The fourth-order valence-corrected chi connectivity index (χ4v) is 2.54. The number of benzene rings is 1. The summed E-state index contributed by atoms with van der Waals surface area (Å²) in [7, 11) is 0. The molecule has 0 aliphatic carbocycles. The molecule has 1 amide bonds. The second-order valence-corrected chi connectivity index (χ2v) is 5.32. The Morgan fingerprint density at radius 2 is 2.17 bits per heavy atom. The van der Waals surface area contributed by atoms with Gasteiger partial charge in [-0.15, -0.1) is 0 Å². The van der Waals surface area contributed by atoms with Crippen molar-refractivity contribution in [3.63, 3.8) is 0 Å². The first-order valence-electron chi connectivity index (χ1n) is 5.69. The van der Waals surface area contributed by atoms with Crippen LogP contribution in [0.2, 0.25) is 0 Å². The van der Waals surface area contributed by atoms with E-state index in [-0.39, 0.29) is 5.91 Å². The van der Waals surface area contributed by atoms with E-state index in [1.807, 2.05) is 18.2 Å². The zero-order valence-corrected chi connectivity index (χ0v) is 12.0. The van der Waals surface area contributed by atoms with E-state index in [0.717, 1.165) is 32.1 Å². The Morgan fingerprint density at radius 3 is 2.89 bits per heavy atom. The molecule has 5 heteroatoms. The highest BCUT2D eigenvalue weighted by molar-refractivity contribution is 14.1. The van der Waals surface area contributed by atoms with E-state index < -0.39 is 0 Å². The fraction of sp³-hybridized carbons (Fsp3) is 0.231. The van der Waals surface area contributed by atoms with Crippen LogP contribution in [0.25, 0.3) is 10.9 Å². The molecule has 1 aromatic heterocycles. The number of anilines is 1. The van der Waals surface area contributed by atoms with Gasteiger partial charge in [-0.1, -0.05) is 12.1 Å². The van der Waals surface area contributed by atoms with E-state index in [2.05, 4.69) is 27.6 Å². The van der Waals surface area contributed by atoms with Crippen LogP contribution < -0.4 is 11.5 Å². The van der Waals surface area contributed by atoms with Crippen molar-refractivity contribution in [2.24, 2.45) is 5.73 Å². The number of rotatable bonds is 4. The number of nitrogen functional groups attached to an aromatic ring is 1. The lowest BCUT2D eigenvalue weighted by atomic mass is 10.0. The van der Waals surface area contributed by atoms with Gasteiger partial charge in [0.15, 0.2) is 0 Å². The Labute approximate surface area is 119 Å². The summed E-state index contributed by atoms with van der Waals surface area (Å²) < 4.78 is 1.08. The first kappa shape index (κ1) is 13.1. The summed E-state index contributed by atoms with van der Waals surface area (Å²) in [5, 5.41) is 0.971. The Bertz CT molecular complexity index is 598. The van der Waals surface area contributed by atoms with Crippen molar-refractivity contribution >= 4 is 45.1 Å². The van der Waals surface area contributed by atoms with E-state index in [1.54, 1.807) is 6.20 Å². The van der Waals surface area contributed by atoms with Crippen LogP contribution in [0.15, 0.2) is 24.4 Å². The largest absolute Gasteiger partial charge is 0.398 e. The van der Waals surface area contributed by atoms with Crippen LogP contribution in [0.3, 0.4) is 0 Å². The number of para-hydroxylation sites is 1. The molecule has 0 atom stereocenters. The molecule has 0 aliphatic heterocycles. The van der Waals surface area contributed by atoms with Gasteiger partial charge >= 0.3 is 0 Å². The number of amides is 1. The maximum Gasteiger partial charge on any atom is 0.217 e. The normalized spacial score (nSPS) is 10.7. The van der Waals surface area contributed by atoms with Gasteiger partial charge in [-0.25, -0.2) is 0 Å². The Morgan fingerprint density at radius 1 is 1.39 bits per heavy atom. The number of carbonyl (C=O) groups is 1. The van der Waals surface area contributed by atoms with Crippen molar-refractivity contribution in [2.75, 3.05) is 5.73 Å². The van der Waals surface area contributed by atoms with Gasteiger partial charge in [0.1, 0.15) is 0 Å². The number of hydrogen-bond donors (Lipinski definition) is 2. The molecule has 0 saturated heterocycles. The number of aromatic nitrogens is 1. The number of pyridine rings is 1. The minimum absolute atomic E-state index is 0.281. The van der Waals surface area contributed by atoms with Crippen LogP contribution in [-0.2, 0) is 11.2 Å². The third-order valence-electron chi connectivity index (χ3n) is 2.84. The molecule has 94 valence electrons. The smallest absolute Gasteiger partial charge is 0.217 e. The Balaban J connectivity index is 2.30. The number of nitrogens with zero attached hydrogens (tertiary/aromatic N) is 1. The molecular formula is C13H14IN3O. The van der Waals surface area contributed by atoms with Crippen LogP contribution in [-0.4, -0.2) is 10.9 Å². The zero-order chi connectivity index (χ0) is 13.1. The summed E-state index contributed by atoms with van der Waals surface area (Å²) >= 11 is 2.24. The number of primary amides is 1. The topological polar surface area (TPSA) is 82.0 Å². The van der Waals surface area contributed by atoms with Crippen LogP contribution in [0.5, 0.6) is 0 Å². The molecule has 2 aromatic rings. The van der Waals surface area contributed by atoms with Gasteiger partial charge in [0, 0.05) is 27.3 Å². The number of carbonyl (C=O) groups excluding carboxylic acids is 1. The van der Waals surface area contributed by atoms with Gasteiger partial charge in [-0.2, -0.15) is 0 Å². The molecule has 0 radical (unpaired) electrons. The average molecular weight is 355 g/mol. The SMILES string of the molecule is NC(=O)CCCc1cnc2c(I)cccc2c1N. The number of hydrogen-bond acceptors (Lipinski definition) is 3. The van der Waals surface area contributed by atoms with Crippen molar-refractivity contribution < 1.29 is 4.79 Å². The molecular weight excluding hydrogens is 341 g/mol. The standard InChI is InChI=1S/C13H14IN3O/c14-10-5-2-4-9-12(16)8(7-17-13(9)10)3-1-6-11(15)18/h2,4-5,7H,1,3,6H2,(H2,15,18)(H2,16,17). The summed E-state index contributed by atoms with van der Waals surface area (Å²) in [5.41, 5.74) is 13.9. The zero-order valence-electron chi connectivity index (χ0n) is 9.82. The predicted octanol–water partition coefficient (Wildman–Crippen LogP) is 2.23. The highest BCUT2D eigenvalue weighted by Crippen LogP contribution is 2.26. The van der Waals surface area contributed by atoms with Gasteiger partial charge in [-0.05, 0) is 47.1 Å². The molecule has 0 bridgehead atoms. The summed E-state index contributed by atoms with van der Waals surface area (Å²) in [6.45, 7) is 0. The minimum atomic E-state index is -0.281. The monoisotopic (exact) mass is 355 g/mol. The van der Waals surface area contributed by atoms with Crippen molar-refractivity contribution in [3.8, 4) is 0 Å². The molecule has 0 saturated carbocycles. The molecule has 1 heterocycles. The number of fused-ring (bicyclic) bond motifs is 1. The van der Waals surface area contributed by atoms with E-state index in [1.165, 1.54) is 0 Å².